The molecule has 1 aliphatic rings. The lowest BCUT2D eigenvalue weighted by Gasteiger charge is -2.14. The first-order valence-electron chi connectivity index (χ1n) is 7.96. The van der Waals surface area contributed by atoms with Gasteiger partial charge in [-0.05, 0) is 37.3 Å². The van der Waals surface area contributed by atoms with Gasteiger partial charge in [-0.3, -0.25) is 0 Å². The number of benzene rings is 2. The van der Waals surface area contributed by atoms with Gasteiger partial charge in [0.1, 0.15) is 0 Å². The van der Waals surface area contributed by atoms with Crippen molar-refractivity contribution in [2.24, 2.45) is 4.99 Å². The summed E-state index contributed by atoms with van der Waals surface area (Å²) in [7, 11) is 4.59. The standard InChI is InChI=1S/C20H19NO5/c1-12-5-7-13(8-6-12)19-21-15(20(22)26-19)11-14-9-10-16(23-2)18(25-4)17(14)24-3/h5-11H,1-4H3/b15-11+. The fourth-order valence-corrected chi connectivity index (χ4v) is 2.61. The number of rotatable bonds is 5. The van der Waals surface area contributed by atoms with Crippen molar-refractivity contribution in [2.45, 2.75) is 6.92 Å². The fourth-order valence-electron chi connectivity index (χ4n) is 2.61. The molecule has 0 saturated carbocycles. The van der Waals surface area contributed by atoms with Crippen molar-refractivity contribution < 1.29 is 23.7 Å². The zero-order valence-electron chi connectivity index (χ0n) is 15.0. The highest BCUT2D eigenvalue weighted by Crippen LogP contribution is 2.40. The molecule has 134 valence electrons. The van der Waals surface area contributed by atoms with Gasteiger partial charge in [0.15, 0.2) is 17.2 Å². The number of cyclic esters (lactones) is 1. The molecule has 3 rings (SSSR count). The molecule has 6 heteroatoms. The van der Waals surface area contributed by atoms with Crippen LogP contribution >= 0.6 is 0 Å². The molecule has 0 unspecified atom stereocenters. The van der Waals surface area contributed by atoms with E-state index in [1.54, 1.807) is 25.3 Å². The van der Waals surface area contributed by atoms with Crippen LogP contribution in [0.25, 0.3) is 6.08 Å². The molecule has 0 radical (unpaired) electrons. The lowest BCUT2D eigenvalue weighted by molar-refractivity contribution is -0.129. The van der Waals surface area contributed by atoms with Crippen LogP contribution in [-0.2, 0) is 9.53 Å². The quantitative estimate of drug-likeness (QED) is 0.609. The van der Waals surface area contributed by atoms with Gasteiger partial charge in [0.25, 0.3) is 0 Å². The third kappa shape index (κ3) is 3.26. The van der Waals surface area contributed by atoms with Crippen molar-refractivity contribution >= 4 is 17.9 Å². The summed E-state index contributed by atoms with van der Waals surface area (Å²) in [5.41, 5.74) is 2.67. The molecule has 0 fully saturated rings. The molecule has 0 amide bonds. The van der Waals surface area contributed by atoms with E-state index >= 15 is 0 Å². The number of methoxy groups -OCH3 is 3. The average molecular weight is 353 g/mol. The van der Waals surface area contributed by atoms with Crippen LogP contribution in [0.5, 0.6) is 17.2 Å². The number of nitrogens with zero attached hydrogens (tertiary/aromatic N) is 1. The van der Waals surface area contributed by atoms with E-state index in [1.165, 1.54) is 14.2 Å². The number of hydrogen-bond acceptors (Lipinski definition) is 6. The molecule has 0 bridgehead atoms. The van der Waals surface area contributed by atoms with Crippen LogP contribution in [0, 0.1) is 6.92 Å². The maximum absolute atomic E-state index is 12.2. The van der Waals surface area contributed by atoms with Crippen LogP contribution in [0.1, 0.15) is 16.7 Å². The van der Waals surface area contributed by atoms with E-state index in [0.717, 1.165) is 11.1 Å². The van der Waals surface area contributed by atoms with Crippen LogP contribution in [0.4, 0.5) is 0 Å². The normalized spacial score (nSPS) is 14.8. The predicted molar refractivity (Wildman–Crippen MR) is 97.9 cm³/mol. The van der Waals surface area contributed by atoms with Gasteiger partial charge in [-0.1, -0.05) is 17.7 Å². The van der Waals surface area contributed by atoms with Gasteiger partial charge >= 0.3 is 5.97 Å². The molecule has 0 N–H and O–H groups in total. The number of carbonyl (C=O) groups is 1. The Morgan fingerprint density at radius 3 is 2.23 bits per heavy atom. The molecule has 6 nitrogen and oxygen atoms in total. The maximum Gasteiger partial charge on any atom is 0.363 e. The average Bonchev–Trinajstić information content (AvgIpc) is 3.02. The van der Waals surface area contributed by atoms with E-state index in [2.05, 4.69) is 4.99 Å². The summed E-state index contributed by atoms with van der Waals surface area (Å²) in [4.78, 5) is 16.5. The van der Waals surface area contributed by atoms with E-state index in [9.17, 15) is 4.79 Å². The molecule has 1 heterocycles. The van der Waals surface area contributed by atoms with E-state index in [4.69, 9.17) is 18.9 Å². The number of carbonyl (C=O) groups excluding carboxylic acids is 1. The Morgan fingerprint density at radius 1 is 0.923 bits per heavy atom. The molecule has 0 aliphatic carbocycles. The van der Waals surface area contributed by atoms with Gasteiger partial charge < -0.3 is 18.9 Å². The summed E-state index contributed by atoms with van der Waals surface area (Å²) >= 11 is 0. The number of aliphatic imine (C=N–C) groups is 1. The summed E-state index contributed by atoms with van der Waals surface area (Å²) < 4.78 is 21.3. The highest BCUT2D eigenvalue weighted by Gasteiger charge is 2.25. The number of esters is 1. The molecule has 26 heavy (non-hydrogen) atoms. The Morgan fingerprint density at radius 2 is 1.62 bits per heavy atom. The molecule has 0 atom stereocenters. The van der Waals surface area contributed by atoms with Crippen LogP contribution in [0.15, 0.2) is 47.1 Å². The smallest absolute Gasteiger partial charge is 0.363 e. The van der Waals surface area contributed by atoms with Gasteiger partial charge in [0.05, 0.1) is 21.3 Å². The van der Waals surface area contributed by atoms with E-state index in [0.29, 0.717) is 22.8 Å². The minimum absolute atomic E-state index is 0.186. The van der Waals surface area contributed by atoms with Crippen molar-refractivity contribution in [1.29, 1.82) is 0 Å². The molecule has 1 aliphatic heterocycles. The van der Waals surface area contributed by atoms with Crippen molar-refractivity contribution in [1.82, 2.24) is 0 Å². The minimum Gasteiger partial charge on any atom is -0.493 e. The van der Waals surface area contributed by atoms with Gasteiger partial charge in [-0.2, -0.15) is 0 Å². The van der Waals surface area contributed by atoms with Gasteiger partial charge in [-0.25, -0.2) is 9.79 Å². The zero-order valence-corrected chi connectivity index (χ0v) is 15.0. The lowest BCUT2D eigenvalue weighted by atomic mass is 10.1. The minimum atomic E-state index is -0.516. The van der Waals surface area contributed by atoms with Gasteiger partial charge in [0, 0.05) is 11.1 Å². The number of hydrogen-bond donors (Lipinski definition) is 0. The summed E-state index contributed by atoms with van der Waals surface area (Å²) in [6.45, 7) is 1.99. The molecule has 2 aromatic rings. The number of aryl methyl sites for hydroxylation is 1. The maximum atomic E-state index is 12.2. The number of ether oxygens (including phenoxy) is 4. The Bertz CT molecular complexity index is 897. The molecule has 2 aromatic carbocycles. The third-order valence-corrected chi connectivity index (χ3v) is 3.95. The monoisotopic (exact) mass is 353 g/mol. The van der Waals surface area contributed by atoms with E-state index in [1.807, 2.05) is 31.2 Å². The van der Waals surface area contributed by atoms with Crippen LogP contribution in [0.2, 0.25) is 0 Å². The lowest BCUT2D eigenvalue weighted by Crippen LogP contribution is -2.05. The first-order chi connectivity index (χ1) is 12.6. The summed E-state index contributed by atoms with van der Waals surface area (Å²) in [6.07, 6.45) is 1.60. The fraction of sp³-hybridized carbons (Fsp3) is 0.200. The van der Waals surface area contributed by atoms with Crippen LogP contribution < -0.4 is 14.2 Å². The van der Waals surface area contributed by atoms with Crippen molar-refractivity contribution in [3.05, 3.63) is 58.8 Å². The van der Waals surface area contributed by atoms with Crippen LogP contribution in [-0.4, -0.2) is 33.2 Å². The highest BCUT2D eigenvalue weighted by atomic mass is 16.6. The SMILES string of the molecule is COc1ccc(/C=C2/N=C(c3ccc(C)cc3)OC2=O)c(OC)c1OC. The second-order valence-electron chi connectivity index (χ2n) is 5.63. The largest absolute Gasteiger partial charge is 0.493 e. The molecular weight excluding hydrogens is 334 g/mol. The zero-order chi connectivity index (χ0) is 18.7. The second kappa shape index (κ2) is 7.31. The highest BCUT2D eigenvalue weighted by molar-refractivity contribution is 6.13. The van der Waals surface area contributed by atoms with Crippen molar-refractivity contribution in [3.63, 3.8) is 0 Å². The first-order valence-corrected chi connectivity index (χ1v) is 7.96. The topological polar surface area (TPSA) is 66.4 Å². The van der Waals surface area contributed by atoms with E-state index in [-0.39, 0.29) is 11.6 Å². The summed E-state index contributed by atoms with van der Waals surface area (Å²) in [5, 5.41) is 0. The molecule has 0 spiro atoms. The second-order valence-corrected chi connectivity index (χ2v) is 5.63. The van der Waals surface area contributed by atoms with Crippen molar-refractivity contribution in [3.8, 4) is 17.2 Å². The summed E-state index contributed by atoms with van der Waals surface area (Å²) in [5.74, 6) is 1.19. The Kier molecular flexibility index (Phi) is 4.93. The third-order valence-electron chi connectivity index (χ3n) is 3.95. The Balaban J connectivity index is 2.02. The first kappa shape index (κ1) is 17.5. The van der Waals surface area contributed by atoms with Gasteiger partial charge in [0.2, 0.25) is 11.6 Å². The Hall–Kier alpha value is -3.28. The summed E-state index contributed by atoms with van der Waals surface area (Å²) in [6, 6.07) is 11.1. The molecule has 0 aromatic heterocycles. The van der Waals surface area contributed by atoms with Gasteiger partial charge in [-0.15, -0.1) is 0 Å². The van der Waals surface area contributed by atoms with Crippen LogP contribution in [0.3, 0.4) is 0 Å². The predicted octanol–water partition coefficient (Wildman–Crippen LogP) is 3.37. The van der Waals surface area contributed by atoms with E-state index < -0.39 is 5.97 Å². The molecule has 0 saturated heterocycles. The Labute approximate surface area is 151 Å². The van der Waals surface area contributed by atoms with Crippen molar-refractivity contribution in [2.75, 3.05) is 21.3 Å². The molecular formula is C20H19NO5.